The molecule has 0 amide bonds. The molecule has 0 saturated heterocycles. The van der Waals surface area contributed by atoms with Gasteiger partial charge in [-0.15, -0.1) is 0 Å². The van der Waals surface area contributed by atoms with E-state index < -0.39 is 12.0 Å². The molecule has 4 rings (SSSR count). The fourth-order valence-electron chi connectivity index (χ4n) is 3.73. The average Bonchev–Trinajstić information content (AvgIpc) is 3.10. The molecule has 10 heteroatoms. The summed E-state index contributed by atoms with van der Waals surface area (Å²) in [5, 5.41) is 10.5. The molecule has 2 heterocycles. The number of fused-ring (bicyclic) bond motifs is 1. The van der Waals surface area contributed by atoms with Crippen LogP contribution in [-0.4, -0.2) is 29.4 Å². The largest absolute Gasteiger partial charge is 0.504 e. The maximum absolute atomic E-state index is 13.6. The number of rotatable bonds is 5. The van der Waals surface area contributed by atoms with E-state index in [4.69, 9.17) is 21.1 Å². The average molecular weight is 564 g/mol. The van der Waals surface area contributed by atoms with E-state index in [0.717, 1.165) is 0 Å². The molecule has 1 aliphatic heterocycles. The summed E-state index contributed by atoms with van der Waals surface area (Å²) >= 11 is 10.7. The van der Waals surface area contributed by atoms with Crippen LogP contribution >= 0.6 is 38.9 Å². The molecule has 0 spiro atoms. The van der Waals surface area contributed by atoms with Crippen LogP contribution in [0.15, 0.2) is 61.9 Å². The number of halogens is 2. The van der Waals surface area contributed by atoms with Crippen molar-refractivity contribution in [3.8, 4) is 11.5 Å². The van der Waals surface area contributed by atoms with Gasteiger partial charge in [0.05, 0.1) is 35.6 Å². The Balaban J connectivity index is 1.96. The fourth-order valence-corrected chi connectivity index (χ4v) is 5.34. The van der Waals surface area contributed by atoms with Gasteiger partial charge in [-0.2, -0.15) is 0 Å². The summed E-state index contributed by atoms with van der Waals surface area (Å²) in [6, 6.07) is 9.40. The highest BCUT2D eigenvalue weighted by Crippen LogP contribution is 2.33. The molecule has 34 heavy (non-hydrogen) atoms. The Morgan fingerprint density at radius 3 is 2.68 bits per heavy atom. The van der Waals surface area contributed by atoms with Crippen molar-refractivity contribution in [1.82, 2.24) is 4.57 Å². The van der Waals surface area contributed by atoms with Crippen molar-refractivity contribution >= 4 is 50.9 Å². The zero-order chi connectivity index (χ0) is 24.6. The highest BCUT2D eigenvalue weighted by atomic mass is 79.9. The van der Waals surface area contributed by atoms with Crippen LogP contribution < -0.4 is 19.6 Å². The standard InChI is InChI=1S/C24H20BrClN2O5S/c1-4-33-23(31)20-12(2)27-24-28(21(20)13-5-7-15(26)8-6-13)22(30)19(34-24)10-14-9-18(32-3)17(29)11-16(14)25/h5-11,21,29H,4H2,1-3H3/b19-10-. The number of phenols is 1. The van der Waals surface area contributed by atoms with E-state index >= 15 is 0 Å². The van der Waals surface area contributed by atoms with Crippen molar-refractivity contribution in [2.45, 2.75) is 19.9 Å². The van der Waals surface area contributed by atoms with Crippen molar-refractivity contribution in [2.75, 3.05) is 13.7 Å². The summed E-state index contributed by atoms with van der Waals surface area (Å²) in [6.07, 6.45) is 1.69. The number of carbonyl (C=O) groups excluding carboxylic acids is 1. The molecule has 0 bridgehead atoms. The number of phenolic OH excluding ortho intramolecular Hbond substituents is 1. The van der Waals surface area contributed by atoms with Crippen molar-refractivity contribution in [1.29, 1.82) is 0 Å². The van der Waals surface area contributed by atoms with Gasteiger partial charge in [0.2, 0.25) is 0 Å². The number of benzene rings is 2. The topological polar surface area (TPSA) is 90.1 Å². The zero-order valence-corrected chi connectivity index (χ0v) is 21.6. The molecule has 0 aliphatic carbocycles. The number of ether oxygens (including phenoxy) is 2. The number of allylic oxidation sites excluding steroid dienone is 1. The lowest BCUT2D eigenvalue weighted by atomic mass is 9.96. The lowest BCUT2D eigenvalue weighted by molar-refractivity contribution is -0.139. The van der Waals surface area contributed by atoms with E-state index in [0.29, 0.717) is 41.2 Å². The van der Waals surface area contributed by atoms with Crippen LogP contribution in [0.2, 0.25) is 5.02 Å². The maximum Gasteiger partial charge on any atom is 0.338 e. The van der Waals surface area contributed by atoms with Crippen LogP contribution in [0.25, 0.3) is 6.08 Å². The van der Waals surface area contributed by atoms with Gasteiger partial charge in [-0.05, 0) is 55.3 Å². The Kier molecular flexibility index (Phi) is 6.97. The Labute approximate surface area is 212 Å². The first-order chi connectivity index (χ1) is 16.2. The second-order valence-corrected chi connectivity index (χ2v) is 9.70. The third-order valence-corrected chi connectivity index (χ3v) is 7.21. The van der Waals surface area contributed by atoms with Gasteiger partial charge in [0.1, 0.15) is 0 Å². The molecule has 1 unspecified atom stereocenters. The van der Waals surface area contributed by atoms with Crippen LogP contribution in [0.1, 0.15) is 31.0 Å². The quantitative estimate of drug-likeness (QED) is 0.475. The number of methoxy groups -OCH3 is 1. The molecule has 0 saturated carbocycles. The number of carbonyl (C=O) groups is 1. The van der Waals surface area contributed by atoms with Gasteiger partial charge in [0.15, 0.2) is 16.3 Å². The second kappa shape index (κ2) is 9.77. The van der Waals surface area contributed by atoms with Gasteiger partial charge in [0, 0.05) is 9.50 Å². The number of aromatic nitrogens is 1. The lowest BCUT2D eigenvalue weighted by Crippen LogP contribution is -2.39. The van der Waals surface area contributed by atoms with Crippen molar-refractivity contribution in [2.24, 2.45) is 4.99 Å². The van der Waals surface area contributed by atoms with Gasteiger partial charge in [-0.25, -0.2) is 9.79 Å². The number of nitrogens with zero attached hydrogens (tertiary/aromatic N) is 2. The van der Waals surface area contributed by atoms with Crippen molar-refractivity contribution in [3.63, 3.8) is 0 Å². The van der Waals surface area contributed by atoms with E-state index in [1.165, 1.54) is 29.1 Å². The number of thiazole rings is 1. The number of aromatic hydroxyl groups is 1. The minimum absolute atomic E-state index is 0.0228. The van der Waals surface area contributed by atoms with E-state index in [-0.39, 0.29) is 23.7 Å². The Hall–Kier alpha value is -2.88. The molecule has 176 valence electrons. The molecule has 2 aromatic carbocycles. The number of hydrogen-bond donors (Lipinski definition) is 1. The molecular weight excluding hydrogens is 544 g/mol. The fraction of sp³-hybridized carbons (Fsp3) is 0.208. The highest BCUT2D eigenvalue weighted by molar-refractivity contribution is 9.10. The molecule has 1 aromatic heterocycles. The first-order valence-corrected chi connectivity index (χ1v) is 12.3. The molecule has 1 aliphatic rings. The third-order valence-electron chi connectivity index (χ3n) is 5.29. The molecule has 0 radical (unpaired) electrons. The summed E-state index contributed by atoms with van der Waals surface area (Å²) < 4.78 is 13.0. The molecule has 3 aromatic rings. The first kappa shape index (κ1) is 24.3. The SMILES string of the molecule is CCOC(=O)C1=C(C)N=c2s/c(=C\c3cc(OC)c(O)cc3Br)c(=O)n2C1c1ccc(Cl)cc1. The molecular formula is C24H20BrClN2O5S. The lowest BCUT2D eigenvalue weighted by Gasteiger charge is -2.24. The summed E-state index contributed by atoms with van der Waals surface area (Å²) in [4.78, 5) is 31.5. The zero-order valence-electron chi connectivity index (χ0n) is 18.5. The normalized spacial score (nSPS) is 15.7. The minimum atomic E-state index is -0.715. The van der Waals surface area contributed by atoms with Gasteiger partial charge in [-0.1, -0.05) is 51.0 Å². The Morgan fingerprint density at radius 1 is 1.32 bits per heavy atom. The number of esters is 1. The smallest absolute Gasteiger partial charge is 0.338 e. The maximum atomic E-state index is 13.6. The van der Waals surface area contributed by atoms with Crippen molar-refractivity contribution in [3.05, 3.63) is 88.0 Å². The molecule has 0 fully saturated rings. The van der Waals surface area contributed by atoms with Crippen molar-refractivity contribution < 1.29 is 19.4 Å². The van der Waals surface area contributed by atoms with E-state index in [1.807, 2.05) is 0 Å². The minimum Gasteiger partial charge on any atom is -0.504 e. The molecule has 7 nitrogen and oxygen atoms in total. The second-order valence-electron chi connectivity index (χ2n) is 7.40. The van der Waals surface area contributed by atoms with Gasteiger partial charge in [-0.3, -0.25) is 9.36 Å². The summed E-state index contributed by atoms with van der Waals surface area (Å²) in [5.41, 5.74) is 1.83. The summed E-state index contributed by atoms with van der Waals surface area (Å²) in [6.45, 7) is 3.65. The van der Waals surface area contributed by atoms with Gasteiger partial charge >= 0.3 is 5.97 Å². The van der Waals surface area contributed by atoms with Crippen LogP contribution in [-0.2, 0) is 9.53 Å². The highest BCUT2D eigenvalue weighted by Gasteiger charge is 2.33. The third kappa shape index (κ3) is 4.43. The van der Waals surface area contributed by atoms with Crippen LogP contribution in [0.4, 0.5) is 0 Å². The first-order valence-electron chi connectivity index (χ1n) is 10.3. The Bertz CT molecular complexity index is 1490. The van der Waals surface area contributed by atoms with E-state index in [1.54, 1.807) is 50.3 Å². The van der Waals surface area contributed by atoms with Crippen LogP contribution in [0.5, 0.6) is 11.5 Å². The monoisotopic (exact) mass is 562 g/mol. The predicted octanol–water partition coefficient (Wildman–Crippen LogP) is 3.93. The number of hydrogen-bond acceptors (Lipinski definition) is 7. The van der Waals surface area contributed by atoms with Gasteiger partial charge < -0.3 is 14.6 Å². The van der Waals surface area contributed by atoms with E-state index in [2.05, 4.69) is 20.9 Å². The van der Waals surface area contributed by atoms with Crippen LogP contribution in [0.3, 0.4) is 0 Å². The molecule has 1 atom stereocenters. The Morgan fingerprint density at radius 2 is 2.03 bits per heavy atom. The molecule has 1 N–H and O–H groups in total. The summed E-state index contributed by atoms with van der Waals surface area (Å²) in [5.74, 6) is -0.267. The van der Waals surface area contributed by atoms with Crippen LogP contribution in [0, 0.1) is 0 Å². The van der Waals surface area contributed by atoms with Gasteiger partial charge in [0.25, 0.3) is 5.56 Å². The summed E-state index contributed by atoms with van der Waals surface area (Å²) in [7, 11) is 1.45. The predicted molar refractivity (Wildman–Crippen MR) is 134 cm³/mol. The van der Waals surface area contributed by atoms with E-state index in [9.17, 15) is 14.7 Å².